The maximum atomic E-state index is 13.7. The molecule has 2 aromatic heterocycles. The first kappa shape index (κ1) is 24.3. The maximum absolute atomic E-state index is 13.7. The zero-order chi connectivity index (χ0) is 25.7. The Morgan fingerprint density at radius 3 is 2.53 bits per heavy atom. The third kappa shape index (κ3) is 4.57. The van der Waals surface area contributed by atoms with E-state index in [9.17, 15) is 26.4 Å². The number of aromatic nitrogens is 3. The number of carbonyl (C=O) groups excluding carboxylic acids is 1. The van der Waals surface area contributed by atoms with Gasteiger partial charge in [-0.25, -0.2) is 26.3 Å². The number of hydrogen-bond donors (Lipinski definition) is 0. The average Bonchev–Trinajstić information content (AvgIpc) is 3.43. The number of hydrogen-bond acceptors (Lipinski definition) is 6. The minimum absolute atomic E-state index is 0.0140. The quantitative estimate of drug-likeness (QED) is 0.512. The summed E-state index contributed by atoms with van der Waals surface area (Å²) in [5, 5.41) is 4.45. The number of amides is 1. The van der Waals surface area contributed by atoms with Gasteiger partial charge in [-0.1, -0.05) is 6.92 Å². The van der Waals surface area contributed by atoms with Crippen LogP contribution >= 0.6 is 0 Å². The summed E-state index contributed by atoms with van der Waals surface area (Å²) in [6.07, 6.45) is 3.59. The molecule has 1 saturated heterocycles. The summed E-state index contributed by atoms with van der Waals surface area (Å²) in [5.74, 6) is -3.79. The highest BCUT2D eigenvalue weighted by Crippen LogP contribution is 2.35. The van der Waals surface area contributed by atoms with Gasteiger partial charge in [0.1, 0.15) is 5.82 Å². The Hall–Kier alpha value is -3.41. The molecule has 0 N–H and O–H groups in total. The van der Waals surface area contributed by atoms with Gasteiger partial charge < -0.3 is 9.80 Å². The standard InChI is InChI=1S/C24H24F3N5O3S/c1-2-36(34,35)19-3-4-22(30-7-5-24(26,27)6-8-30)20(10-19)23(33)31-13-16-14-32(29-21(16)15-31)18-9-17(25)11-28-12-18/h3-4,9-12,14H,2,5-8,13,15H2,1H3. The van der Waals surface area contributed by atoms with Crippen LogP contribution < -0.4 is 4.90 Å². The van der Waals surface area contributed by atoms with Crippen molar-refractivity contribution in [1.29, 1.82) is 0 Å². The minimum atomic E-state index is -3.59. The number of sulfone groups is 1. The van der Waals surface area contributed by atoms with Crippen LogP contribution in [0.2, 0.25) is 0 Å². The van der Waals surface area contributed by atoms with Crippen molar-refractivity contribution in [2.75, 3.05) is 23.7 Å². The molecule has 0 saturated carbocycles. The Morgan fingerprint density at radius 2 is 1.86 bits per heavy atom. The molecule has 0 unspecified atom stereocenters. The predicted octanol–water partition coefficient (Wildman–Crippen LogP) is 3.59. The maximum Gasteiger partial charge on any atom is 0.256 e. The molecule has 2 aliphatic heterocycles. The molecule has 1 amide bonds. The smallest absolute Gasteiger partial charge is 0.256 e. The van der Waals surface area contributed by atoms with Gasteiger partial charge in [0.25, 0.3) is 11.8 Å². The molecule has 12 heteroatoms. The number of pyridine rings is 1. The monoisotopic (exact) mass is 519 g/mol. The number of fused-ring (bicyclic) bond motifs is 1. The number of piperidine rings is 1. The molecule has 1 fully saturated rings. The fourth-order valence-corrected chi connectivity index (χ4v) is 5.43. The number of nitrogens with zero attached hydrogens (tertiary/aromatic N) is 5. The topological polar surface area (TPSA) is 88.4 Å². The fraction of sp³-hybridized carbons (Fsp3) is 0.375. The third-order valence-electron chi connectivity index (χ3n) is 6.59. The highest BCUT2D eigenvalue weighted by molar-refractivity contribution is 7.91. The number of carbonyl (C=O) groups is 1. The van der Waals surface area contributed by atoms with Crippen LogP contribution in [0.1, 0.15) is 41.4 Å². The summed E-state index contributed by atoms with van der Waals surface area (Å²) in [4.78, 5) is 20.7. The van der Waals surface area contributed by atoms with Crippen LogP contribution in [0.15, 0.2) is 47.8 Å². The molecule has 8 nitrogen and oxygen atoms in total. The SMILES string of the molecule is CCS(=O)(=O)c1ccc(N2CCC(F)(F)CC2)c(C(=O)N2Cc3cn(-c4cncc(F)c4)nc3C2)c1. The Bertz CT molecular complexity index is 1410. The Morgan fingerprint density at radius 1 is 1.11 bits per heavy atom. The van der Waals surface area contributed by atoms with Gasteiger partial charge >= 0.3 is 0 Å². The minimum Gasteiger partial charge on any atom is -0.370 e. The van der Waals surface area contributed by atoms with E-state index in [1.165, 1.54) is 47.0 Å². The molecule has 36 heavy (non-hydrogen) atoms. The average molecular weight is 520 g/mol. The number of halogens is 3. The van der Waals surface area contributed by atoms with Gasteiger partial charge in [0, 0.05) is 56.0 Å². The summed E-state index contributed by atoms with van der Waals surface area (Å²) < 4.78 is 67.6. The van der Waals surface area contributed by atoms with Gasteiger partial charge in [-0.3, -0.25) is 9.78 Å². The van der Waals surface area contributed by atoms with Crippen LogP contribution in [0.3, 0.4) is 0 Å². The number of rotatable bonds is 5. The molecule has 190 valence electrons. The van der Waals surface area contributed by atoms with Crippen molar-refractivity contribution in [3.05, 3.63) is 65.5 Å². The van der Waals surface area contributed by atoms with Crippen LogP contribution in [0.5, 0.6) is 0 Å². The van der Waals surface area contributed by atoms with Crippen LogP contribution in [0.25, 0.3) is 5.69 Å². The van der Waals surface area contributed by atoms with Crippen LogP contribution in [0, 0.1) is 5.82 Å². The molecule has 0 atom stereocenters. The summed E-state index contributed by atoms with van der Waals surface area (Å²) >= 11 is 0. The highest BCUT2D eigenvalue weighted by Gasteiger charge is 2.36. The Kier molecular flexibility index (Phi) is 6.01. The van der Waals surface area contributed by atoms with Crippen molar-refractivity contribution in [3.8, 4) is 5.69 Å². The molecule has 0 aliphatic carbocycles. The van der Waals surface area contributed by atoms with Crippen molar-refractivity contribution in [2.24, 2.45) is 0 Å². The molecule has 2 aliphatic rings. The summed E-state index contributed by atoms with van der Waals surface area (Å²) in [6, 6.07) is 5.60. The molecule has 1 aromatic carbocycles. The number of benzene rings is 1. The van der Waals surface area contributed by atoms with Gasteiger partial charge in [-0.15, -0.1) is 0 Å². The van der Waals surface area contributed by atoms with E-state index in [2.05, 4.69) is 10.1 Å². The zero-order valence-corrected chi connectivity index (χ0v) is 20.3. The third-order valence-corrected chi connectivity index (χ3v) is 8.33. The molecule has 5 rings (SSSR count). The van der Waals surface area contributed by atoms with Crippen LogP contribution in [-0.2, 0) is 22.9 Å². The Balaban J connectivity index is 1.44. The molecule has 0 bridgehead atoms. The first-order valence-electron chi connectivity index (χ1n) is 11.5. The van der Waals surface area contributed by atoms with Crippen molar-refractivity contribution in [1.82, 2.24) is 19.7 Å². The first-order valence-corrected chi connectivity index (χ1v) is 13.2. The van der Waals surface area contributed by atoms with Crippen LogP contribution in [-0.4, -0.2) is 58.8 Å². The van der Waals surface area contributed by atoms with Crippen LogP contribution in [0.4, 0.5) is 18.9 Å². The summed E-state index contributed by atoms with van der Waals surface area (Å²) in [7, 11) is -3.59. The lowest BCUT2D eigenvalue weighted by atomic mass is 10.0. The van der Waals surface area contributed by atoms with Crippen molar-refractivity contribution < 1.29 is 26.4 Å². The fourth-order valence-electron chi connectivity index (χ4n) is 4.52. The largest absolute Gasteiger partial charge is 0.370 e. The molecule has 0 radical (unpaired) electrons. The van der Waals surface area contributed by atoms with E-state index in [0.29, 0.717) is 17.1 Å². The second kappa shape index (κ2) is 8.91. The van der Waals surface area contributed by atoms with E-state index in [-0.39, 0.29) is 55.2 Å². The molecular weight excluding hydrogens is 495 g/mol. The lowest BCUT2D eigenvalue weighted by molar-refractivity contribution is -0.0220. The molecule has 4 heterocycles. The summed E-state index contributed by atoms with van der Waals surface area (Å²) in [6.45, 7) is 2.03. The van der Waals surface area contributed by atoms with Gasteiger partial charge in [0.15, 0.2) is 9.84 Å². The first-order chi connectivity index (χ1) is 17.1. The van der Waals surface area contributed by atoms with Gasteiger partial charge in [-0.05, 0) is 18.2 Å². The van der Waals surface area contributed by atoms with Gasteiger partial charge in [-0.2, -0.15) is 5.10 Å². The molecular formula is C24H24F3N5O3S. The van der Waals surface area contributed by atoms with Crippen molar-refractivity contribution >= 4 is 21.4 Å². The lowest BCUT2D eigenvalue weighted by Gasteiger charge is -2.35. The highest BCUT2D eigenvalue weighted by atomic mass is 32.2. The molecule has 0 spiro atoms. The Labute approximate surface area is 206 Å². The van der Waals surface area contributed by atoms with Crippen molar-refractivity contribution in [3.63, 3.8) is 0 Å². The zero-order valence-electron chi connectivity index (χ0n) is 19.5. The molecule has 3 aromatic rings. The van der Waals surface area contributed by atoms with E-state index in [0.717, 1.165) is 11.8 Å². The second-order valence-corrected chi connectivity index (χ2v) is 11.3. The van der Waals surface area contributed by atoms with E-state index < -0.39 is 27.5 Å². The van der Waals surface area contributed by atoms with E-state index in [1.54, 1.807) is 11.1 Å². The lowest BCUT2D eigenvalue weighted by Crippen LogP contribution is -2.40. The number of alkyl halides is 2. The van der Waals surface area contributed by atoms with Gasteiger partial charge in [0.05, 0.1) is 46.5 Å². The normalized spacial score (nSPS) is 17.3. The second-order valence-electron chi connectivity index (χ2n) is 8.99. The summed E-state index contributed by atoms with van der Waals surface area (Å²) in [5.41, 5.74) is 2.44. The van der Waals surface area contributed by atoms with Crippen molar-refractivity contribution in [2.45, 2.75) is 43.7 Å². The van der Waals surface area contributed by atoms with E-state index in [1.807, 2.05) is 0 Å². The van der Waals surface area contributed by atoms with E-state index in [4.69, 9.17) is 0 Å². The predicted molar refractivity (Wildman–Crippen MR) is 125 cm³/mol. The van der Waals surface area contributed by atoms with Gasteiger partial charge in [0.2, 0.25) is 0 Å². The number of anilines is 1. The van der Waals surface area contributed by atoms with E-state index >= 15 is 0 Å².